The maximum absolute atomic E-state index is 11.7. The minimum Gasteiger partial charge on any atom is -0.591 e. The molecule has 0 aliphatic heterocycles. The third-order valence-corrected chi connectivity index (χ3v) is 4.00. The van der Waals surface area contributed by atoms with Gasteiger partial charge in [-0.2, -0.15) is 0 Å². The highest BCUT2D eigenvalue weighted by Crippen LogP contribution is 2.22. The van der Waals surface area contributed by atoms with Gasteiger partial charge in [0.15, 0.2) is 0 Å². The Bertz CT molecular complexity index is 401. The summed E-state index contributed by atoms with van der Waals surface area (Å²) < 4.78 is 16.1. The van der Waals surface area contributed by atoms with Crippen LogP contribution in [0.15, 0.2) is 28.7 Å². The van der Waals surface area contributed by atoms with E-state index in [4.69, 9.17) is 0 Å². The Balaban J connectivity index is 2.31. The van der Waals surface area contributed by atoms with E-state index in [1.165, 1.54) is 11.1 Å². The van der Waals surface area contributed by atoms with Crippen LogP contribution in [-0.2, 0) is 17.8 Å². The van der Waals surface area contributed by atoms with Crippen molar-refractivity contribution in [2.45, 2.75) is 38.4 Å². The van der Waals surface area contributed by atoms with Crippen molar-refractivity contribution in [1.82, 2.24) is 0 Å². The molecule has 0 N–H and O–H groups in total. The minimum absolute atomic E-state index is 0.0987. The molecule has 1 aromatic rings. The van der Waals surface area contributed by atoms with Crippen LogP contribution < -0.4 is 0 Å². The highest BCUT2D eigenvalue weighted by Gasteiger charge is 2.19. The lowest BCUT2D eigenvalue weighted by Crippen LogP contribution is -2.17. The van der Waals surface area contributed by atoms with Gasteiger partial charge in [-0.25, -0.2) is 0 Å². The molecule has 0 aromatic heterocycles. The summed E-state index contributed by atoms with van der Waals surface area (Å²) in [5.41, 5.74) is 3.56. The van der Waals surface area contributed by atoms with Crippen molar-refractivity contribution in [2.24, 2.45) is 4.40 Å². The fraction of sp³-hybridized carbons (Fsp3) is 0.462. The van der Waals surface area contributed by atoms with Crippen LogP contribution in [0.3, 0.4) is 0 Å². The zero-order valence-corrected chi connectivity index (χ0v) is 10.6. The second-order valence-corrected chi connectivity index (χ2v) is 6.05. The maximum Gasteiger partial charge on any atom is 0.137 e. The van der Waals surface area contributed by atoms with Gasteiger partial charge in [0.25, 0.3) is 0 Å². The lowest BCUT2D eigenvalue weighted by Gasteiger charge is -2.17. The second-order valence-electron chi connectivity index (χ2n) is 4.37. The number of nitrogens with zero attached hydrogens (tertiary/aromatic N) is 1. The van der Waals surface area contributed by atoms with E-state index in [0.29, 0.717) is 0 Å². The largest absolute Gasteiger partial charge is 0.591 e. The van der Waals surface area contributed by atoms with Gasteiger partial charge in [0.05, 0.1) is 17.1 Å². The van der Waals surface area contributed by atoms with Gasteiger partial charge in [0.2, 0.25) is 0 Å². The summed E-state index contributed by atoms with van der Waals surface area (Å²) in [5, 5.41) is 0.0987. The average Bonchev–Trinajstić information content (AvgIpc) is 2.29. The minimum atomic E-state index is -1.09. The van der Waals surface area contributed by atoms with E-state index < -0.39 is 11.4 Å². The second kappa shape index (κ2) is 5.02. The third-order valence-electron chi connectivity index (χ3n) is 2.79. The standard InChI is InChI=1S/C13H17NOS/c1-10(2)16(15)14-13-9-5-7-11-6-3-4-8-12(11)13/h3-4,6,8,10H,5,7,9H2,1-2H3. The summed E-state index contributed by atoms with van der Waals surface area (Å²) in [6.07, 6.45) is 3.18. The van der Waals surface area contributed by atoms with E-state index in [0.717, 1.165) is 25.0 Å². The number of hydrogen-bond donors (Lipinski definition) is 0. The van der Waals surface area contributed by atoms with Gasteiger partial charge in [-0.05, 0) is 38.7 Å². The van der Waals surface area contributed by atoms with E-state index >= 15 is 0 Å². The van der Waals surface area contributed by atoms with Crippen LogP contribution in [0.25, 0.3) is 0 Å². The molecule has 0 bridgehead atoms. The van der Waals surface area contributed by atoms with Crippen molar-refractivity contribution in [2.75, 3.05) is 0 Å². The molecule has 2 nitrogen and oxygen atoms in total. The van der Waals surface area contributed by atoms with Gasteiger partial charge in [0, 0.05) is 5.56 Å². The molecule has 1 unspecified atom stereocenters. The fourth-order valence-electron chi connectivity index (χ4n) is 1.91. The van der Waals surface area contributed by atoms with E-state index in [1.807, 2.05) is 19.9 Å². The molecule has 0 spiro atoms. The van der Waals surface area contributed by atoms with Gasteiger partial charge in [-0.15, -0.1) is 0 Å². The Labute approximate surface area is 100 Å². The molecule has 0 saturated carbocycles. The molecular formula is C13H17NOS. The quantitative estimate of drug-likeness (QED) is 0.726. The zero-order valence-electron chi connectivity index (χ0n) is 9.77. The smallest absolute Gasteiger partial charge is 0.137 e. The number of benzene rings is 1. The molecule has 1 atom stereocenters. The van der Waals surface area contributed by atoms with Crippen LogP contribution in [0.4, 0.5) is 0 Å². The molecule has 1 aromatic carbocycles. The summed E-state index contributed by atoms with van der Waals surface area (Å²) >= 11 is -1.09. The van der Waals surface area contributed by atoms with Crippen LogP contribution in [0.5, 0.6) is 0 Å². The van der Waals surface area contributed by atoms with E-state index in [1.54, 1.807) is 0 Å². The van der Waals surface area contributed by atoms with Crippen LogP contribution in [0, 0.1) is 0 Å². The van der Waals surface area contributed by atoms with Crippen molar-refractivity contribution in [1.29, 1.82) is 0 Å². The van der Waals surface area contributed by atoms with E-state index in [9.17, 15) is 4.55 Å². The first-order chi connectivity index (χ1) is 7.68. The summed E-state index contributed by atoms with van der Waals surface area (Å²) in [6, 6.07) is 8.31. The summed E-state index contributed by atoms with van der Waals surface area (Å²) in [5.74, 6) is 0. The molecular weight excluding hydrogens is 218 g/mol. The van der Waals surface area contributed by atoms with Gasteiger partial charge in [-0.1, -0.05) is 28.7 Å². The van der Waals surface area contributed by atoms with Crippen LogP contribution in [0.2, 0.25) is 0 Å². The van der Waals surface area contributed by atoms with Crippen LogP contribution in [0.1, 0.15) is 37.8 Å². The highest BCUT2D eigenvalue weighted by molar-refractivity contribution is 7.90. The van der Waals surface area contributed by atoms with Gasteiger partial charge in [0.1, 0.15) is 5.25 Å². The summed E-state index contributed by atoms with van der Waals surface area (Å²) in [7, 11) is 0. The predicted molar refractivity (Wildman–Crippen MR) is 69.2 cm³/mol. The molecule has 0 saturated heterocycles. The van der Waals surface area contributed by atoms with Crippen molar-refractivity contribution in [3.8, 4) is 0 Å². The van der Waals surface area contributed by atoms with Crippen LogP contribution >= 0.6 is 0 Å². The van der Waals surface area contributed by atoms with Crippen molar-refractivity contribution in [3.63, 3.8) is 0 Å². The Hall–Kier alpha value is -0.800. The number of aryl methyl sites for hydroxylation is 1. The molecule has 0 fully saturated rings. The third kappa shape index (κ3) is 2.47. The van der Waals surface area contributed by atoms with Crippen molar-refractivity contribution in [3.05, 3.63) is 35.4 Å². The summed E-state index contributed by atoms with van der Waals surface area (Å²) in [6.45, 7) is 3.88. The SMILES string of the molecule is CC(C)[S+]([O-])N=C1CCCc2ccccc21. The number of fused-ring (bicyclic) bond motifs is 1. The molecule has 86 valence electrons. The molecule has 1 aliphatic carbocycles. The van der Waals surface area contributed by atoms with E-state index in [-0.39, 0.29) is 5.25 Å². The normalized spacial score (nSPS) is 19.9. The molecule has 0 heterocycles. The first-order valence-corrected chi connectivity index (χ1v) is 6.92. The first kappa shape index (κ1) is 11.7. The lowest BCUT2D eigenvalue weighted by molar-refractivity contribution is 0.588. The lowest BCUT2D eigenvalue weighted by atomic mass is 9.90. The zero-order chi connectivity index (χ0) is 11.5. The highest BCUT2D eigenvalue weighted by atomic mass is 32.2. The number of rotatable bonds is 2. The molecule has 3 heteroatoms. The van der Waals surface area contributed by atoms with E-state index in [2.05, 4.69) is 22.6 Å². The Morgan fingerprint density at radius 2 is 2.00 bits per heavy atom. The molecule has 2 rings (SSSR count). The average molecular weight is 235 g/mol. The molecule has 16 heavy (non-hydrogen) atoms. The molecule has 0 amide bonds. The maximum atomic E-state index is 11.7. The predicted octanol–water partition coefficient (Wildman–Crippen LogP) is 2.88. The molecule has 1 aliphatic rings. The summed E-state index contributed by atoms with van der Waals surface area (Å²) in [4.78, 5) is 0. The van der Waals surface area contributed by atoms with Gasteiger partial charge >= 0.3 is 0 Å². The Morgan fingerprint density at radius 1 is 1.25 bits per heavy atom. The Kier molecular flexibility index (Phi) is 3.66. The molecule has 0 radical (unpaired) electrons. The van der Waals surface area contributed by atoms with Gasteiger partial charge < -0.3 is 4.55 Å². The Morgan fingerprint density at radius 3 is 2.75 bits per heavy atom. The first-order valence-electron chi connectivity index (χ1n) is 5.75. The van der Waals surface area contributed by atoms with Crippen molar-refractivity contribution < 1.29 is 4.55 Å². The van der Waals surface area contributed by atoms with Crippen LogP contribution in [-0.4, -0.2) is 15.5 Å². The van der Waals surface area contributed by atoms with Gasteiger partial charge in [-0.3, -0.25) is 0 Å². The topological polar surface area (TPSA) is 35.4 Å². The van der Waals surface area contributed by atoms with Crippen molar-refractivity contribution >= 4 is 17.1 Å². The monoisotopic (exact) mass is 235 g/mol. The fourth-order valence-corrected chi connectivity index (χ4v) is 2.53. The number of hydrogen-bond acceptors (Lipinski definition) is 2.